The maximum absolute atomic E-state index is 13.2. The minimum absolute atomic E-state index is 0.0541. The molecule has 0 spiro atoms. The van der Waals surface area contributed by atoms with E-state index in [4.69, 9.17) is 0 Å². The average molecular weight is 469 g/mol. The van der Waals surface area contributed by atoms with Crippen LogP contribution < -0.4 is 11.0 Å². The number of hydrogen-bond acceptors (Lipinski definition) is 5. The molecule has 1 aromatic heterocycles. The summed E-state index contributed by atoms with van der Waals surface area (Å²) in [7, 11) is -3.66. The van der Waals surface area contributed by atoms with Gasteiger partial charge in [-0.1, -0.05) is 25.5 Å². The molecule has 1 saturated heterocycles. The third-order valence-electron chi connectivity index (χ3n) is 6.13. The Kier molecular flexibility index (Phi) is 6.62. The molecule has 33 heavy (non-hydrogen) atoms. The highest BCUT2D eigenvalue weighted by Crippen LogP contribution is 2.27. The van der Waals surface area contributed by atoms with Crippen LogP contribution in [0.2, 0.25) is 0 Å². The minimum atomic E-state index is -3.66. The topological polar surface area (TPSA) is 101 Å². The van der Waals surface area contributed by atoms with E-state index >= 15 is 0 Å². The SMILES string of the molecule is CCc1ccc(NC(=O)Cn2c(=O)ncc3cc(S(=O)(=O)N4CCCCC4C)ccc32)cc1. The van der Waals surface area contributed by atoms with Crippen molar-refractivity contribution in [2.45, 2.75) is 57.0 Å². The number of carbonyl (C=O) groups excluding carboxylic acids is 1. The Hall–Kier alpha value is -3.04. The van der Waals surface area contributed by atoms with Crippen LogP contribution in [0, 0.1) is 0 Å². The average Bonchev–Trinajstić information content (AvgIpc) is 2.81. The number of aromatic nitrogens is 2. The first kappa shape index (κ1) is 23.1. The lowest BCUT2D eigenvalue weighted by molar-refractivity contribution is -0.116. The number of piperidine rings is 1. The number of carbonyl (C=O) groups is 1. The summed E-state index contributed by atoms with van der Waals surface area (Å²) in [5, 5.41) is 3.27. The van der Waals surface area contributed by atoms with E-state index < -0.39 is 15.7 Å². The molecule has 1 fully saturated rings. The molecule has 0 saturated carbocycles. The Bertz CT molecular complexity index is 1330. The molecule has 2 aromatic carbocycles. The molecular weight excluding hydrogens is 440 g/mol. The van der Waals surface area contributed by atoms with Gasteiger partial charge < -0.3 is 5.32 Å². The van der Waals surface area contributed by atoms with Gasteiger partial charge in [-0.2, -0.15) is 4.31 Å². The van der Waals surface area contributed by atoms with Crippen LogP contribution in [-0.4, -0.2) is 40.8 Å². The van der Waals surface area contributed by atoms with Gasteiger partial charge >= 0.3 is 5.69 Å². The van der Waals surface area contributed by atoms with Gasteiger partial charge in [-0.15, -0.1) is 0 Å². The highest BCUT2D eigenvalue weighted by molar-refractivity contribution is 7.89. The molecule has 3 aromatic rings. The number of hydrogen-bond donors (Lipinski definition) is 1. The van der Waals surface area contributed by atoms with E-state index in [-0.39, 0.29) is 23.4 Å². The van der Waals surface area contributed by atoms with E-state index in [2.05, 4.69) is 17.2 Å². The second-order valence-corrected chi connectivity index (χ2v) is 10.3. The molecule has 8 nitrogen and oxygen atoms in total. The van der Waals surface area contributed by atoms with E-state index in [1.807, 2.05) is 31.2 Å². The summed E-state index contributed by atoms with van der Waals surface area (Å²) >= 11 is 0. The fraction of sp³-hybridized carbons (Fsp3) is 0.375. The molecule has 1 N–H and O–H groups in total. The first-order chi connectivity index (χ1) is 15.8. The van der Waals surface area contributed by atoms with Crippen molar-refractivity contribution in [3.8, 4) is 0 Å². The predicted molar refractivity (Wildman–Crippen MR) is 128 cm³/mol. The quantitative estimate of drug-likeness (QED) is 0.599. The number of anilines is 1. The maximum Gasteiger partial charge on any atom is 0.348 e. The third kappa shape index (κ3) is 4.84. The van der Waals surface area contributed by atoms with E-state index in [1.165, 1.54) is 22.9 Å². The summed E-state index contributed by atoms with van der Waals surface area (Å²) in [4.78, 5) is 29.0. The van der Waals surface area contributed by atoms with Gasteiger partial charge in [-0.25, -0.2) is 18.2 Å². The molecule has 0 radical (unpaired) electrons. The third-order valence-corrected chi connectivity index (χ3v) is 8.14. The van der Waals surface area contributed by atoms with Crippen LogP contribution in [0.5, 0.6) is 0 Å². The fourth-order valence-corrected chi connectivity index (χ4v) is 5.96. The number of benzene rings is 2. The lowest BCUT2D eigenvalue weighted by Crippen LogP contribution is -2.41. The van der Waals surface area contributed by atoms with Gasteiger partial charge in [0.2, 0.25) is 15.9 Å². The smallest absolute Gasteiger partial charge is 0.325 e. The fourth-order valence-electron chi connectivity index (χ4n) is 4.22. The Balaban J connectivity index is 1.61. The van der Waals surface area contributed by atoms with E-state index in [9.17, 15) is 18.0 Å². The molecule has 4 rings (SSSR count). The minimum Gasteiger partial charge on any atom is -0.325 e. The number of aryl methyl sites for hydroxylation is 1. The van der Waals surface area contributed by atoms with E-state index in [1.54, 1.807) is 10.4 Å². The molecule has 9 heteroatoms. The molecule has 0 bridgehead atoms. The second-order valence-electron chi connectivity index (χ2n) is 8.41. The Labute approximate surface area is 193 Å². The summed E-state index contributed by atoms with van der Waals surface area (Å²) in [5.41, 5.74) is 1.69. The molecule has 0 aliphatic carbocycles. The van der Waals surface area contributed by atoms with Gasteiger partial charge in [0.05, 0.1) is 10.4 Å². The lowest BCUT2D eigenvalue weighted by atomic mass is 10.1. The monoisotopic (exact) mass is 468 g/mol. The number of fused-ring (bicyclic) bond motifs is 1. The summed E-state index contributed by atoms with van der Waals surface area (Å²) in [6, 6.07) is 12.1. The lowest BCUT2D eigenvalue weighted by Gasteiger charge is -2.32. The van der Waals surface area contributed by atoms with E-state index in [0.29, 0.717) is 23.1 Å². The van der Waals surface area contributed by atoms with Gasteiger partial charge in [0.15, 0.2) is 0 Å². The summed E-state index contributed by atoms with van der Waals surface area (Å²) in [5.74, 6) is -0.366. The zero-order chi connectivity index (χ0) is 23.6. The van der Waals surface area contributed by atoms with Crippen LogP contribution in [0.25, 0.3) is 10.9 Å². The van der Waals surface area contributed by atoms with Crippen LogP contribution in [0.15, 0.2) is 58.4 Å². The van der Waals surface area contributed by atoms with Crippen molar-refractivity contribution < 1.29 is 13.2 Å². The summed E-state index contributed by atoms with van der Waals surface area (Å²) < 4.78 is 29.2. The Morgan fingerprint density at radius 2 is 1.91 bits per heavy atom. The first-order valence-electron chi connectivity index (χ1n) is 11.2. The van der Waals surface area contributed by atoms with Crippen molar-refractivity contribution in [3.63, 3.8) is 0 Å². The number of nitrogens with one attached hydrogen (secondary N) is 1. The number of amides is 1. The molecule has 2 heterocycles. The van der Waals surface area contributed by atoms with Crippen molar-refractivity contribution in [1.82, 2.24) is 13.9 Å². The zero-order valence-corrected chi connectivity index (χ0v) is 19.6. The van der Waals surface area contributed by atoms with Gasteiger partial charge in [0.1, 0.15) is 6.54 Å². The van der Waals surface area contributed by atoms with Crippen molar-refractivity contribution >= 4 is 32.5 Å². The molecule has 1 aliphatic heterocycles. The van der Waals surface area contributed by atoms with E-state index in [0.717, 1.165) is 31.2 Å². The molecular formula is C24H28N4O4S. The summed E-state index contributed by atoms with van der Waals surface area (Å²) in [6.07, 6.45) is 4.96. The molecule has 1 amide bonds. The van der Waals surface area contributed by atoms with Crippen LogP contribution in [-0.2, 0) is 27.8 Å². The number of sulfonamides is 1. The normalized spacial score (nSPS) is 17.2. The second kappa shape index (κ2) is 9.44. The predicted octanol–water partition coefficient (Wildman–Crippen LogP) is 3.16. The van der Waals surface area contributed by atoms with Gasteiger partial charge in [0, 0.05) is 29.9 Å². The van der Waals surface area contributed by atoms with Crippen molar-refractivity contribution in [2.75, 3.05) is 11.9 Å². The van der Waals surface area contributed by atoms with Crippen LogP contribution in [0.3, 0.4) is 0 Å². The number of nitrogens with zero attached hydrogens (tertiary/aromatic N) is 3. The molecule has 174 valence electrons. The highest BCUT2D eigenvalue weighted by atomic mass is 32.2. The molecule has 1 unspecified atom stereocenters. The summed E-state index contributed by atoms with van der Waals surface area (Å²) in [6.45, 7) is 4.25. The molecule has 1 aliphatic rings. The molecule has 1 atom stereocenters. The van der Waals surface area contributed by atoms with Crippen LogP contribution >= 0.6 is 0 Å². The van der Waals surface area contributed by atoms with Crippen LogP contribution in [0.1, 0.15) is 38.7 Å². The van der Waals surface area contributed by atoms with Crippen molar-refractivity contribution in [1.29, 1.82) is 0 Å². The maximum atomic E-state index is 13.2. The van der Waals surface area contributed by atoms with Crippen LogP contribution in [0.4, 0.5) is 5.69 Å². The first-order valence-corrected chi connectivity index (χ1v) is 12.6. The van der Waals surface area contributed by atoms with Gasteiger partial charge in [-0.3, -0.25) is 9.36 Å². The largest absolute Gasteiger partial charge is 0.348 e. The Morgan fingerprint density at radius 3 is 2.61 bits per heavy atom. The van der Waals surface area contributed by atoms with Crippen molar-refractivity contribution in [2.24, 2.45) is 0 Å². The van der Waals surface area contributed by atoms with Gasteiger partial charge in [-0.05, 0) is 62.1 Å². The number of rotatable bonds is 6. The Morgan fingerprint density at radius 1 is 1.15 bits per heavy atom. The van der Waals surface area contributed by atoms with Gasteiger partial charge in [0.25, 0.3) is 0 Å². The highest BCUT2D eigenvalue weighted by Gasteiger charge is 2.31. The zero-order valence-electron chi connectivity index (χ0n) is 18.8. The standard InChI is InChI=1S/C24H28N4O4S/c1-3-18-7-9-20(10-8-18)26-23(29)16-27-22-12-11-21(14-19(22)15-25-24(27)30)33(31,32)28-13-5-4-6-17(28)2/h7-12,14-15,17H,3-6,13,16H2,1-2H3,(H,26,29). The van der Waals surface area contributed by atoms with Crippen molar-refractivity contribution in [3.05, 3.63) is 64.7 Å².